The highest BCUT2D eigenvalue weighted by molar-refractivity contribution is 6.01. The number of pyridine rings is 1. The molecule has 0 saturated heterocycles. The number of nitrogens with one attached hydrogen (secondary N) is 2. The summed E-state index contributed by atoms with van der Waals surface area (Å²) in [4.78, 5) is 30.9. The molecule has 0 radical (unpaired) electrons. The third-order valence-electron chi connectivity index (χ3n) is 6.38. The lowest BCUT2D eigenvalue weighted by Gasteiger charge is -2.22. The molecule has 2 N–H and O–H groups in total. The quantitative estimate of drug-likeness (QED) is 0.483. The van der Waals surface area contributed by atoms with E-state index >= 15 is 0 Å². The number of aromatic nitrogens is 2. The van der Waals surface area contributed by atoms with Crippen LogP contribution in [0.3, 0.4) is 0 Å². The number of rotatable bonds is 9. The van der Waals surface area contributed by atoms with Gasteiger partial charge in [-0.2, -0.15) is 0 Å². The Labute approximate surface area is 205 Å². The summed E-state index contributed by atoms with van der Waals surface area (Å²) >= 11 is 0. The Bertz CT molecular complexity index is 1160. The number of fused-ring (bicyclic) bond motifs is 1. The van der Waals surface area contributed by atoms with Crippen LogP contribution < -0.4 is 15.4 Å². The fourth-order valence-corrected chi connectivity index (χ4v) is 4.42. The number of benzene rings is 1. The Morgan fingerprint density at radius 1 is 1.03 bits per heavy atom. The second-order valence-electron chi connectivity index (χ2n) is 8.51. The van der Waals surface area contributed by atoms with Gasteiger partial charge in [-0.05, 0) is 30.0 Å². The van der Waals surface area contributed by atoms with E-state index in [2.05, 4.69) is 15.6 Å². The Morgan fingerprint density at radius 2 is 1.74 bits per heavy atom. The normalized spacial score (nSPS) is 14.5. The molecule has 2 aromatic heterocycles. The predicted molar refractivity (Wildman–Crippen MR) is 132 cm³/mol. The maximum Gasteiger partial charge on any atom is 0.268 e. The van der Waals surface area contributed by atoms with Gasteiger partial charge in [0.15, 0.2) is 0 Å². The van der Waals surface area contributed by atoms with E-state index in [0.717, 1.165) is 23.2 Å². The van der Waals surface area contributed by atoms with Gasteiger partial charge in [-0.3, -0.25) is 9.59 Å². The Hall–Kier alpha value is -3.65. The van der Waals surface area contributed by atoms with E-state index in [-0.39, 0.29) is 30.5 Å². The van der Waals surface area contributed by atoms with Crippen molar-refractivity contribution in [1.29, 1.82) is 0 Å². The SMILES string of the molecule is CCC(NC(=O)c1cc(C(=O)NC(CC)c2ccc(OC)nc2)n2c1COCC2)c1ccccc1. The van der Waals surface area contributed by atoms with Gasteiger partial charge in [-0.1, -0.05) is 50.2 Å². The van der Waals surface area contributed by atoms with Crippen molar-refractivity contribution in [1.82, 2.24) is 20.2 Å². The fourth-order valence-electron chi connectivity index (χ4n) is 4.42. The predicted octanol–water partition coefficient (Wildman–Crippen LogP) is 4.18. The average Bonchev–Trinajstić information content (AvgIpc) is 3.31. The molecule has 2 amide bonds. The molecule has 2 unspecified atom stereocenters. The molecule has 1 aromatic carbocycles. The molecule has 1 aliphatic heterocycles. The molecule has 8 heteroatoms. The molecule has 3 heterocycles. The molecule has 0 fully saturated rings. The molecule has 8 nitrogen and oxygen atoms in total. The molecule has 0 bridgehead atoms. The minimum atomic E-state index is -0.232. The number of nitrogens with zero attached hydrogens (tertiary/aromatic N) is 2. The molecule has 2 atom stereocenters. The van der Waals surface area contributed by atoms with Crippen LogP contribution in [0.15, 0.2) is 54.7 Å². The van der Waals surface area contributed by atoms with Crippen LogP contribution in [0.25, 0.3) is 0 Å². The van der Waals surface area contributed by atoms with E-state index in [0.29, 0.717) is 36.7 Å². The molecular weight excluding hydrogens is 444 g/mol. The summed E-state index contributed by atoms with van der Waals surface area (Å²) in [7, 11) is 1.57. The van der Waals surface area contributed by atoms with Gasteiger partial charge >= 0.3 is 0 Å². The Balaban J connectivity index is 1.57. The van der Waals surface area contributed by atoms with Gasteiger partial charge in [-0.15, -0.1) is 0 Å². The van der Waals surface area contributed by atoms with Crippen molar-refractivity contribution in [3.8, 4) is 5.88 Å². The smallest absolute Gasteiger partial charge is 0.268 e. The van der Waals surface area contributed by atoms with Crippen LogP contribution in [0.2, 0.25) is 0 Å². The van der Waals surface area contributed by atoms with Gasteiger partial charge in [0.2, 0.25) is 5.88 Å². The van der Waals surface area contributed by atoms with Crippen molar-refractivity contribution >= 4 is 11.8 Å². The summed E-state index contributed by atoms with van der Waals surface area (Å²) in [5.41, 5.74) is 3.59. The number of amides is 2. The third kappa shape index (κ3) is 5.38. The highest BCUT2D eigenvalue weighted by Crippen LogP contribution is 2.25. The van der Waals surface area contributed by atoms with E-state index in [1.54, 1.807) is 25.4 Å². The van der Waals surface area contributed by atoms with Gasteiger partial charge in [0.05, 0.1) is 43.7 Å². The number of carbonyl (C=O) groups excluding carboxylic acids is 2. The number of carbonyl (C=O) groups is 2. The average molecular weight is 477 g/mol. The Kier molecular flexibility index (Phi) is 7.82. The van der Waals surface area contributed by atoms with E-state index < -0.39 is 0 Å². The summed E-state index contributed by atoms with van der Waals surface area (Å²) in [6, 6.07) is 14.9. The minimum absolute atomic E-state index is 0.118. The number of hydrogen-bond donors (Lipinski definition) is 2. The molecule has 35 heavy (non-hydrogen) atoms. The van der Waals surface area contributed by atoms with Crippen LogP contribution in [0.4, 0.5) is 0 Å². The highest BCUT2D eigenvalue weighted by Gasteiger charge is 2.28. The van der Waals surface area contributed by atoms with Gasteiger partial charge in [0.1, 0.15) is 5.69 Å². The molecule has 0 aliphatic carbocycles. The van der Waals surface area contributed by atoms with Crippen LogP contribution in [0, 0.1) is 0 Å². The maximum absolute atomic E-state index is 13.4. The zero-order valence-electron chi connectivity index (χ0n) is 20.4. The van der Waals surface area contributed by atoms with Crippen molar-refractivity contribution in [2.45, 2.75) is 51.9 Å². The summed E-state index contributed by atoms with van der Waals surface area (Å²) in [5.74, 6) is 0.0810. The summed E-state index contributed by atoms with van der Waals surface area (Å²) in [5, 5.41) is 6.23. The standard InChI is InChI=1S/C27H32N4O4/c1-4-21(18-9-7-6-8-10-18)29-26(32)20-15-23(31-13-14-35-17-24(20)31)27(33)30-22(5-2)19-11-12-25(34-3)28-16-19/h6-12,15-16,21-22H,4-5,13-14,17H2,1-3H3,(H,29,32)(H,30,33). The van der Waals surface area contributed by atoms with Gasteiger partial charge < -0.3 is 24.7 Å². The van der Waals surface area contributed by atoms with Crippen LogP contribution in [-0.2, 0) is 17.9 Å². The van der Waals surface area contributed by atoms with E-state index in [9.17, 15) is 9.59 Å². The van der Waals surface area contributed by atoms with Crippen molar-refractivity contribution in [3.05, 3.63) is 82.8 Å². The zero-order chi connectivity index (χ0) is 24.8. The highest BCUT2D eigenvalue weighted by atomic mass is 16.5. The van der Waals surface area contributed by atoms with Crippen LogP contribution in [0.5, 0.6) is 5.88 Å². The van der Waals surface area contributed by atoms with Crippen LogP contribution in [0.1, 0.15) is 76.4 Å². The first kappa shape index (κ1) is 24.5. The second-order valence-corrected chi connectivity index (χ2v) is 8.51. The number of hydrogen-bond acceptors (Lipinski definition) is 5. The molecular formula is C27H32N4O4. The zero-order valence-corrected chi connectivity index (χ0v) is 20.4. The summed E-state index contributed by atoms with van der Waals surface area (Å²) in [6.07, 6.45) is 3.16. The lowest BCUT2D eigenvalue weighted by Crippen LogP contribution is -2.31. The first-order chi connectivity index (χ1) is 17.0. The van der Waals surface area contributed by atoms with E-state index in [1.807, 2.05) is 54.8 Å². The monoisotopic (exact) mass is 476 g/mol. The van der Waals surface area contributed by atoms with Crippen LogP contribution in [-0.4, -0.2) is 35.1 Å². The molecule has 184 valence electrons. The topological polar surface area (TPSA) is 94.5 Å². The largest absolute Gasteiger partial charge is 0.481 e. The number of methoxy groups -OCH3 is 1. The fraction of sp³-hybridized carbons (Fsp3) is 0.370. The van der Waals surface area contributed by atoms with Gasteiger partial charge in [0, 0.05) is 18.8 Å². The van der Waals surface area contributed by atoms with Gasteiger partial charge in [-0.25, -0.2) is 4.98 Å². The number of ether oxygens (including phenoxy) is 2. The lowest BCUT2D eigenvalue weighted by molar-refractivity contribution is 0.0773. The molecule has 0 spiro atoms. The molecule has 4 rings (SSSR count). The first-order valence-electron chi connectivity index (χ1n) is 12.0. The summed E-state index contributed by atoms with van der Waals surface area (Å²) in [6.45, 7) is 5.34. The van der Waals surface area contributed by atoms with Crippen molar-refractivity contribution < 1.29 is 19.1 Å². The lowest BCUT2D eigenvalue weighted by atomic mass is 10.0. The Morgan fingerprint density at radius 3 is 2.40 bits per heavy atom. The van der Waals surface area contributed by atoms with Crippen molar-refractivity contribution in [3.63, 3.8) is 0 Å². The maximum atomic E-state index is 13.4. The molecule has 3 aromatic rings. The van der Waals surface area contributed by atoms with Gasteiger partial charge in [0.25, 0.3) is 11.8 Å². The van der Waals surface area contributed by atoms with Crippen molar-refractivity contribution in [2.75, 3.05) is 13.7 Å². The van der Waals surface area contributed by atoms with E-state index in [4.69, 9.17) is 9.47 Å². The minimum Gasteiger partial charge on any atom is -0.481 e. The third-order valence-corrected chi connectivity index (χ3v) is 6.38. The van der Waals surface area contributed by atoms with Crippen molar-refractivity contribution in [2.24, 2.45) is 0 Å². The van der Waals surface area contributed by atoms with Crippen LogP contribution >= 0.6 is 0 Å². The summed E-state index contributed by atoms with van der Waals surface area (Å²) < 4.78 is 12.7. The first-order valence-corrected chi connectivity index (χ1v) is 12.0. The molecule has 1 aliphatic rings. The van der Waals surface area contributed by atoms with E-state index in [1.165, 1.54) is 0 Å². The molecule has 0 saturated carbocycles. The second kappa shape index (κ2) is 11.2.